The summed E-state index contributed by atoms with van der Waals surface area (Å²) in [6.45, 7) is 5.04. The molecule has 1 aliphatic rings. The summed E-state index contributed by atoms with van der Waals surface area (Å²) in [5, 5.41) is 3.93. The molecule has 0 spiro atoms. The molecule has 26 heavy (non-hydrogen) atoms. The van der Waals surface area contributed by atoms with Gasteiger partial charge in [0.25, 0.3) is 5.56 Å². The van der Waals surface area contributed by atoms with Gasteiger partial charge in [0.1, 0.15) is 5.75 Å². The van der Waals surface area contributed by atoms with Gasteiger partial charge in [0.15, 0.2) is 0 Å². The number of nitrogens with one attached hydrogen (secondary N) is 2. The highest BCUT2D eigenvalue weighted by molar-refractivity contribution is 5.81. The predicted octanol–water partition coefficient (Wildman–Crippen LogP) is 2.07. The minimum absolute atomic E-state index is 0.00900. The molecule has 1 aromatic heterocycles. The van der Waals surface area contributed by atoms with Crippen LogP contribution in [-0.2, 0) is 11.2 Å². The van der Waals surface area contributed by atoms with Crippen molar-refractivity contribution in [3.8, 4) is 5.75 Å². The third-order valence-electron chi connectivity index (χ3n) is 5.11. The van der Waals surface area contributed by atoms with Gasteiger partial charge in [0.05, 0.1) is 12.6 Å². The molecule has 2 aromatic rings. The average molecular weight is 357 g/mol. The third kappa shape index (κ3) is 4.43. The van der Waals surface area contributed by atoms with Crippen LogP contribution in [0.2, 0.25) is 0 Å². The number of methoxy groups -OCH3 is 1. The van der Waals surface area contributed by atoms with Crippen LogP contribution >= 0.6 is 0 Å². The Hall–Kier alpha value is -2.34. The second kappa shape index (κ2) is 8.36. The van der Waals surface area contributed by atoms with Crippen LogP contribution in [0.15, 0.2) is 29.1 Å². The fraction of sp³-hybridized carbons (Fsp3) is 0.500. The van der Waals surface area contributed by atoms with E-state index in [4.69, 9.17) is 4.74 Å². The number of hydrogen-bond donors (Lipinski definition) is 2. The van der Waals surface area contributed by atoms with Crippen LogP contribution in [0.3, 0.4) is 0 Å². The summed E-state index contributed by atoms with van der Waals surface area (Å²) in [6, 6.07) is 7.78. The van der Waals surface area contributed by atoms with Gasteiger partial charge in [-0.1, -0.05) is 0 Å². The number of amides is 1. The molecule has 1 aromatic carbocycles. The number of carbonyl (C=O) groups is 1. The second-order valence-electron chi connectivity index (χ2n) is 6.97. The number of aryl methyl sites for hydroxylation is 1. The first-order valence-electron chi connectivity index (χ1n) is 9.27. The molecule has 2 heterocycles. The molecule has 1 fully saturated rings. The van der Waals surface area contributed by atoms with Gasteiger partial charge in [-0.05, 0) is 62.9 Å². The maximum atomic E-state index is 12.3. The van der Waals surface area contributed by atoms with Crippen molar-refractivity contribution in [1.82, 2.24) is 15.2 Å². The number of fused-ring (bicyclic) bond motifs is 1. The van der Waals surface area contributed by atoms with E-state index in [9.17, 15) is 9.59 Å². The lowest BCUT2D eigenvalue weighted by molar-refractivity contribution is -0.121. The van der Waals surface area contributed by atoms with Crippen molar-refractivity contribution in [2.75, 3.05) is 26.7 Å². The molecular formula is C20H27N3O3. The summed E-state index contributed by atoms with van der Waals surface area (Å²) in [5.74, 6) is 0.692. The fourth-order valence-electron chi connectivity index (χ4n) is 3.45. The fourth-order valence-corrected chi connectivity index (χ4v) is 3.45. The lowest BCUT2D eigenvalue weighted by atomic mass is 10.1. The molecule has 140 valence electrons. The number of ether oxygens (including phenoxy) is 1. The average Bonchev–Trinajstić information content (AvgIpc) is 3.18. The highest BCUT2D eigenvalue weighted by Gasteiger charge is 2.18. The third-order valence-corrected chi connectivity index (χ3v) is 5.11. The number of carbonyl (C=O) groups excluding carboxylic acids is 1. The topological polar surface area (TPSA) is 74.4 Å². The van der Waals surface area contributed by atoms with E-state index in [2.05, 4.69) is 22.1 Å². The predicted molar refractivity (Wildman–Crippen MR) is 103 cm³/mol. The number of likely N-dealkylation sites (tertiary alicyclic amines) is 1. The normalized spacial score (nSPS) is 15.9. The van der Waals surface area contributed by atoms with Crippen molar-refractivity contribution in [3.63, 3.8) is 0 Å². The first-order valence-corrected chi connectivity index (χ1v) is 9.27. The molecule has 6 heteroatoms. The number of nitrogens with zero attached hydrogens (tertiary/aromatic N) is 1. The first-order chi connectivity index (χ1) is 12.6. The Morgan fingerprint density at radius 2 is 2.08 bits per heavy atom. The minimum atomic E-state index is -0.149. The quantitative estimate of drug-likeness (QED) is 0.796. The zero-order valence-corrected chi connectivity index (χ0v) is 15.5. The number of pyridine rings is 1. The van der Waals surface area contributed by atoms with Gasteiger partial charge in [-0.15, -0.1) is 0 Å². The molecule has 0 radical (unpaired) electrons. The van der Waals surface area contributed by atoms with E-state index in [1.165, 1.54) is 12.8 Å². The van der Waals surface area contributed by atoms with E-state index < -0.39 is 0 Å². The van der Waals surface area contributed by atoms with Crippen LogP contribution in [0.5, 0.6) is 5.75 Å². The van der Waals surface area contributed by atoms with Crippen LogP contribution in [0.1, 0.15) is 31.7 Å². The van der Waals surface area contributed by atoms with Crippen molar-refractivity contribution >= 4 is 16.8 Å². The molecule has 1 saturated heterocycles. The number of aromatic nitrogens is 1. The van der Waals surface area contributed by atoms with Gasteiger partial charge < -0.3 is 15.0 Å². The zero-order chi connectivity index (χ0) is 18.5. The van der Waals surface area contributed by atoms with Gasteiger partial charge in [-0.3, -0.25) is 14.5 Å². The number of benzene rings is 1. The van der Waals surface area contributed by atoms with Gasteiger partial charge >= 0.3 is 0 Å². The Morgan fingerprint density at radius 1 is 1.31 bits per heavy atom. The van der Waals surface area contributed by atoms with Gasteiger partial charge in [0, 0.05) is 30.6 Å². The largest absolute Gasteiger partial charge is 0.497 e. The molecule has 1 atom stereocenters. The first kappa shape index (κ1) is 18.5. The molecule has 1 unspecified atom stereocenters. The maximum absolute atomic E-state index is 12.3. The summed E-state index contributed by atoms with van der Waals surface area (Å²) >= 11 is 0. The molecule has 6 nitrogen and oxygen atoms in total. The lowest BCUT2D eigenvalue weighted by Crippen LogP contribution is -2.40. The van der Waals surface area contributed by atoms with Gasteiger partial charge in [-0.2, -0.15) is 0 Å². The van der Waals surface area contributed by atoms with E-state index in [1.807, 2.05) is 18.2 Å². The number of hydrogen-bond acceptors (Lipinski definition) is 4. The van der Waals surface area contributed by atoms with Crippen LogP contribution in [0.4, 0.5) is 0 Å². The van der Waals surface area contributed by atoms with Crippen molar-refractivity contribution in [3.05, 3.63) is 40.2 Å². The lowest BCUT2D eigenvalue weighted by Gasteiger charge is -2.23. The summed E-state index contributed by atoms with van der Waals surface area (Å²) in [4.78, 5) is 29.7. The smallest absolute Gasteiger partial charge is 0.251 e. The molecule has 0 bridgehead atoms. The van der Waals surface area contributed by atoms with Crippen molar-refractivity contribution < 1.29 is 9.53 Å². The van der Waals surface area contributed by atoms with Crippen molar-refractivity contribution in [1.29, 1.82) is 0 Å². The van der Waals surface area contributed by atoms with Crippen LogP contribution < -0.4 is 15.6 Å². The maximum Gasteiger partial charge on any atom is 0.251 e. The second-order valence-corrected chi connectivity index (χ2v) is 6.97. The monoisotopic (exact) mass is 357 g/mol. The Morgan fingerprint density at radius 3 is 2.81 bits per heavy atom. The van der Waals surface area contributed by atoms with Crippen LogP contribution in [0.25, 0.3) is 10.9 Å². The molecular weight excluding hydrogens is 330 g/mol. The van der Waals surface area contributed by atoms with E-state index in [1.54, 1.807) is 13.2 Å². The SMILES string of the molecule is COc1ccc2cc(CCC(=O)NCC(C)N3CCCC3)c(=O)[nH]c2c1. The Labute approximate surface area is 153 Å². The Bertz CT molecular complexity index is 825. The van der Waals surface area contributed by atoms with Gasteiger partial charge in [-0.25, -0.2) is 0 Å². The van der Waals surface area contributed by atoms with E-state index >= 15 is 0 Å². The Kier molecular flexibility index (Phi) is 5.93. The number of H-pyrrole nitrogens is 1. The van der Waals surface area contributed by atoms with E-state index in [0.29, 0.717) is 36.7 Å². The van der Waals surface area contributed by atoms with Crippen LogP contribution in [-0.4, -0.2) is 48.6 Å². The number of aromatic amines is 1. The van der Waals surface area contributed by atoms with Crippen molar-refractivity contribution in [2.24, 2.45) is 0 Å². The molecule has 0 aliphatic carbocycles. The highest BCUT2D eigenvalue weighted by atomic mass is 16.5. The summed E-state index contributed by atoms with van der Waals surface area (Å²) in [7, 11) is 1.59. The highest BCUT2D eigenvalue weighted by Crippen LogP contribution is 2.18. The van der Waals surface area contributed by atoms with Crippen molar-refractivity contribution in [2.45, 2.75) is 38.6 Å². The standard InChI is InChI=1S/C20H27N3O3/c1-14(23-9-3-4-10-23)13-21-19(24)8-6-16-11-15-5-7-17(26-2)12-18(15)22-20(16)25/h5,7,11-12,14H,3-4,6,8-10,13H2,1-2H3,(H,21,24)(H,22,25). The van der Waals surface area contributed by atoms with Crippen LogP contribution in [0, 0.1) is 0 Å². The summed E-state index contributed by atoms with van der Waals surface area (Å²) in [6.07, 6.45) is 3.24. The summed E-state index contributed by atoms with van der Waals surface area (Å²) < 4.78 is 5.18. The molecule has 1 aliphatic heterocycles. The van der Waals surface area contributed by atoms with E-state index in [-0.39, 0.29) is 11.5 Å². The molecule has 3 rings (SSSR count). The zero-order valence-electron chi connectivity index (χ0n) is 15.5. The number of rotatable bonds is 7. The molecule has 0 saturated carbocycles. The minimum Gasteiger partial charge on any atom is -0.497 e. The Balaban J connectivity index is 1.55. The van der Waals surface area contributed by atoms with Gasteiger partial charge in [0.2, 0.25) is 5.91 Å². The molecule has 1 amide bonds. The van der Waals surface area contributed by atoms with E-state index in [0.717, 1.165) is 24.0 Å². The summed E-state index contributed by atoms with van der Waals surface area (Å²) in [5.41, 5.74) is 1.22. The molecule has 2 N–H and O–H groups in total.